The van der Waals surface area contributed by atoms with Crippen LogP contribution in [0.4, 0.5) is 3.89 Å². The van der Waals surface area contributed by atoms with Gasteiger partial charge in [-0.1, -0.05) is 31.0 Å². The molecule has 8 heteroatoms. The van der Waals surface area contributed by atoms with Crippen molar-refractivity contribution >= 4 is 43.1 Å². The summed E-state index contributed by atoms with van der Waals surface area (Å²) in [6, 6.07) is 15.6. The van der Waals surface area contributed by atoms with Gasteiger partial charge in [0, 0.05) is 27.9 Å². The third-order valence-electron chi connectivity index (χ3n) is 8.00. The number of pyridine rings is 1. The van der Waals surface area contributed by atoms with E-state index in [4.69, 9.17) is 6.42 Å². The maximum absolute atomic E-state index is 14.1. The number of hydrogen-bond donors (Lipinski definition) is 1. The van der Waals surface area contributed by atoms with E-state index in [2.05, 4.69) is 27.4 Å². The lowest BCUT2D eigenvalue weighted by atomic mass is 9.94. The number of rotatable bonds is 4. The summed E-state index contributed by atoms with van der Waals surface area (Å²) in [5, 5.41) is 2.08. The van der Waals surface area contributed by atoms with Crippen LogP contribution in [0.3, 0.4) is 0 Å². The number of H-pyrrole nitrogens is 1. The van der Waals surface area contributed by atoms with Gasteiger partial charge in [0.2, 0.25) is 0 Å². The molecule has 1 aliphatic heterocycles. The summed E-state index contributed by atoms with van der Waals surface area (Å²) in [7, 11) is -2.75. The highest BCUT2D eigenvalue weighted by atomic mass is 32.3. The molecule has 0 atom stereocenters. The lowest BCUT2D eigenvalue weighted by Gasteiger charge is -2.32. The standard InChI is InChI=1S/C31H28FN3O3S/c1-4-19-9-10-24-27(15-19)33-31-29(24)30(36)26-17-20(5-2)25(21-7-6-8-23(16-21)39(32,37)38)18-28(26)35(31)22-11-13-34(3)14-12-22/h1,6-10,15-18,22,33H,5,11-14H2,2-3H3. The smallest absolute Gasteiger partial charge is 0.332 e. The maximum Gasteiger partial charge on any atom is 0.332 e. The maximum atomic E-state index is 14.1. The molecule has 3 heterocycles. The van der Waals surface area contributed by atoms with Gasteiger partial charge in [0.1, 0.15) is 5.65 Å². The number of halogens is 1. The lowest BCUT2D eigenvalue weighted by Crippen LogP contribution is -2.32. The van der Waals surface area contributed by atoms with Gasteiger partial charge in [0.25, 0.3) is 0 Å². The number of terminal acetylenes is 1. The molecule has 1 N–H and O–H groups in total. The molecule has 0 spiro atoms. The minimum Gasteiger partial charge on any atom is -0.340 e. The number of aromatic amines is 1. The Morgan fingerprint density at radius 1 is 1.08 bits per heavy atom. The van der Waals surface area contributed by atoms with Gasteiger partial charge in [0.15, 0.2) is 5.43 Å². The molecule has 0 saturated carbocycles. The fourth-order valence-electron chi connectivity index (χ4n) is 5.96. The minimum absolute atomic E-state index is 0.0646. The first-order chi connectivity index (χ1) is 18.7. The second-order valence-electron chi connectivity index (χ2n) is 10.3. The van der Waals surface area contributed by atoms with Crippen LogP contribution in [-0.4, -0.2) is 43.0 Å². The third kappa shape index (κ3) is 4.22. The van der Waals surface area contributed by atoms with Crippen molar-refractivity contribution in [1.82, 2.24) is 14.5 Å². The van der Waals surface area contributed by atoms with Crippen molar-refractivity contribution in [1.29, 1.82) is 0 Å². The average Bonchev–Trinajstić information content (AvgIpc) is 3.31. The van der Waals surface area contributed by atoms with Crippen molar-refractivity contribution in [3.05, 3.63) is 75.9 Å². The van der Waals surface area contributed by atoms with Gasteiger partial charge >= 0.3 is 10.2 Å². The molecule has 198 valence electrons. The molecule has 0 bridgehead atoms. The molecule has 0 amide bonds. The van der Waals surface area contributed by atoms with Crippen molar-refractivity contribution in [2.24, 2.45) is 0 Å². The second-order valence-corrected chi connectivity index (χ2v) is 11.7. The number of aryl methyl sites for hydroxylation is 1. The Bertz CT molecular complexity index is 1990. The van der Waals surface area contributed by atoms with E-state index >= 15 is 0 Å². The van der Waals surface area contributed by atoms with E-state index in [0.717, 1.165) is 64.7 Å². The van der Waals surface area contributed by atoms with Crippen LogP contribution in [-0.2, 0) is 16.6 Å². The molecule has 1 saturated heterocycles. The largest absolute Gasteiger partial charge is 0.340 e. The summed E-state index contributed by atoms with van der Waals surface area (Å²) in [4.78, 5) is 19.5. The van der Waals surface area contributed by atoms with Crippen LogP contribution in [0.25, 0.3) is 44.0 Å². The summed E-state index contributed by atoms with van der Waals surface area (Å²) in [5.41, 5.74) is 5.25. The monoisotopic (exact) mass is 541 g/mol. The predicted molar refractivity (Wildman–Crippen MR) is 154 cm³/mol. The molecule has 5 aromatic rings. The van der Waals surface area contributed by atoms with E-state index in [9.17, 15) is 17.1 Å². The average molecular weight is 542 g/mol. The van der Waals surface area contributed by atoms with Crippen molar-refractivity contribution in [2.75, 3.05) is 20.1 Å². The summed E-state index contributed by atoms with van der Waals surface area (Å²) < 4.78 is 39.4. The summed E-state index contributed by atoms with van der Waals surface area (Å²) >= 11 is 0. The van der Waals surface area contributed by atoms with Gasteiger partial charge < -0.3 is 14.5 Å². The molecule has 0 aliphatic carbocycles. The van der Waals surface area contributed by atoms with E-state index < -0.39 is 10.2 Å². The number of hydrogen-bond acceptors (Lipinski definition) is 4. The van der Waals surface area contributed by atoms with Crippen LogP contribution < -0.4 is 5.43 Å². The zero-order valence-electron chi connectivity index (χ0n) is 21.8. The van der Waals surface area contributed by atoms with Crippen LogP contribution in [0, 0.1) is 12.3 Å². The Hall–Kier alpha value is -3.93. The molecule has 3 aromatic carbocycles. The third-order valence-corrected chi connectivity index (χ3v) is 8.82. The van der Waals surface area contributed by atoms with Crippen LogP contribution in [0.5, 0.6) is 0 Å². The first-order valence-corrected chi connectivity index (χ1v) is 14.4. The molecule has 6 nitrogen and oxygen atoms in total. The fraction of sp³-hybridized carbons (Fsp3) is 0.258. The second kappa shape index (κ2) is 9.37. The van der Waals surface area contributed by atoms with Crippen molar-refractivity contribution in [3.8, 4) is 23.5 Å². The Kier molecular flexibility index (Phi) is 6.09. The number of piperidine rings is 1. The molecule has 2 aromatic heterocycles. The van der Waals surface area contributed by atoms with E-state index in [0.29, 0.717) is 22.8 Å². The highest BCUT2D eigenvalue weighted by Crippen LogP contribution is 2.36. The Labute approximate surface area is 226 Å². The lowest BCUT2D eigenvalue weighted by molar-refractivity contribution is 0.226. The first kappa shape index (κ1) is 25.4. The van der Waals surface area contributed by atoms with E-state index in [1.54, 1.807) is 12.1 Å². The zero-order chi connectivity index (χ0) is 27.5. The molecule has 1 fully saturated rings. The van der Waals surface area contributed by atoms with Gasteiger partial charge in [-0.25, -0.2) is 0 Å². The fourth-order valence-corrected chi connectivity index (χ4v) is 6.47. The highest BCUT2D eigenvalue weighted by molar-refractivity contribution is 7.86. The first-order valence-electron chi connectivity index (χ1n) is 13.1. The molecule has 0 unspecified atom stereocenters. The van der Waals surface area contributed by atoms with E-state index in [1.165, 1.54) is 12.1 Å². The minimum atomic E-state index is -4.86. The topological polar surface area (TPSA) is 75.2 Å². The number of nitrogens with one attached hydrogen (secondary N) is 1. The van der Waals surface area contributed by atoms with Gasteiger partial charge in [0.05, 0.1) is 15.8 Å². The zero-order valence-corrected chi connectivity index (χ0v) is 22.6. The van der Waals surface area contributed by atoms with Crippen LogP contribution in [0.1, 0.15) is 36.9 Å². The number of benzene rings is 3. The molecular weight excluding hydrogens is 513 g/mol. The van der Waals surface area contributed by atoms with Crippen LogP contribution in [0.15, 0.2) is 64.3 Å². The number of fused-ring (bicyclic) bond motifs is 4. The van der Waals surface area contributed by atoms with Crippen molar-refractivity contribution in [3.63, 3.8) is 0 Å². The van der Waals surface area contributed by atoms with Gasteiger partial charge in [-0.2, -0.15) is 8.42 Å². The van der Waals surface area contributed by atoms with Crippen molar-refractivity contribution < 1.29 is 12.3 Å². The SMILES string of the molecule is C#Cc1ccc2c(c1)[nH]c1c2c(=O)c2cc(CC)c(-c3cccc(S(=O)(=O)F)c3)cc2n1C1CCN(C)CC1. The Balaban J connectivity index is 1.73. The number of nitrogens with zero attached hydrogens (tertiary/aromatic N) is 2. The van der Waals surface area contributed by atoms with Crippen molar-refractivity contribution in [2.45, 2.75) is 37.1 Å². The van der Waals surface area contributed by atoms with Gasteiger partial charge in [-0.15, -0.1) is 10.3 Å². The quantitative estimate of drug-likeness (QED) is 0.232. The Morgan fingerprint density at radius 3 is 2.54 bits per heavy atom. The van der Waals surface area contributed by atoms with E-state index in [1.807, 2.05) is 37.3 Å². The van der Waals surface area contributed by atoms with Gasteiger partial charge in [-0.3, -0.25) is 4.79 Å². The van der Waals surface area contributed by atoms with E-state index in [-0.39, 0.29) is 16.4 Å². The number of aromatic nitrogens is 2. The number of likely N-dealkylation sites (tertiary alicyclic amines) is 1. The highest BCUT2D eigenvalue weighted by Gasteiger charge is 2.25. The molecular formula is C31H28FN3O3S. The molecule has 0 radical (unpaired) electrons. The normalized spacial score (nSPS) is 15.3. The molecule has 6 rings (SSSR count). The molecule has 39 heavy (non-hydrogen) atoms. The predicted octanol–water partition coefficient (Wildman–Crippen LogP) is 5.77. The summed E-state index contributed by atoms with van der Waals surface area (Å²) in [6.07, 6.45) is 8.09. The summed E-state index contributed by atoms with van der Waals surface area (Å²) in [5.74, 6) is 2.67. The summed E-state index contributed by atoms with van der Waals surface area (Å²) in [6.45, 7) is 3.84. The Morgan fingerprint density at radius 2 is 1.85 bits per heavy atom. The van der Waals surface area contributed by atoms with Crippen LogP contribution >= 0.6 is 0 Å². The van der Waals surface area contributed by atoms with Gasteiger partial charge in [-0.05, 0) is 92.5 Å². The van der Waals surface area contributed by atoms with Crippen LogP contribution in [0.2, 0.25) is 0 Å². The molecule has 1 aliphatic rings.